The van der Waals surface area contributed by atoms with Crippen LogP contribution in [-0.4, -0.2) is 46.6 Å². The number of nitrogens with one attached hydrogen (secondary N) is 1. The lowest BCUT2D eigenvalue weighted by molar-refractivity contribution is 0.190. The Morgan fingerprint density at radius 1 is 1.14 bits per heavy atom. The Kier molecular flexibility index (Phi) is 8.27. The van der Waals surface area contributed by atoms with Crippen molar-refractivity contribution in [3.8, 4) is 0 Å². The topological polar surface area (TPSA) is 33.7 Å². The van der Waals surface area contributed by atoms with Crippen molar-refractivity contribution in [1.29, 1.82) is 0 Å². The summed E-state index contributed by atoms with van der Waals surface area (Å²) in [7, 11) is 3.29. The van der Waals surface area contributed by atoms with Gasteiger partial charge in [-0.1, -0.05) is 19.9 Å². The molecule has 120 valence electrons. The second-order valence-corrected chi connectivity index (χ2v) is 5.29. The van der Waals surface area contributed by atoms with Crippen molar-refractivity contribution in [2.24, 2.45) is 0 Å². The molecule has 0 bridgehead atoms. The van der Waals surface area contributed by atoms with Crippen LogP contribution in [0.4, 0.5) is 10.1 Å². The summed E-state index contributed by atoms with van der Waals surface area (Å²) in [6.07, 6.45) is 0. The molecule has 1 rings (SSSR count). The van der Waals surface area contributed by atoms with Gasteiger partial charge in [0.05, 0.1) is 18.9 Å². The SMILES string of the molecule is COCCN(CCOC)c1cc(CNC(C)C)ccc1F. The average molecular weight is 298 g/mol. The summed E-state index contributed by atoms with van der Waals surface area (Å²) in [6, 6.07) is 5.64. The summed E-state index contributed by atoms with van der Waals surface area (Å²) >= 11 is 0. The molecule has 0 fully saturated rings. The van der Waals surface area contributed by atoms with E-state index in [1.807, 2.05) is 17.0 Å². The molecule has 0 aliphatic heterocycles. The molecular formula is C16H27FN2O2. The van der Waals surface area contributed by atoms with Gasteiger partial charge >= 0.3 is 0 Å². The van der Waals surface area contributed by atoms with Crippen LogP contribution in [0, 0.1) is 5.82 Å². The maximum atomic E-state index is 14.1. The molecule has 1 aromatic rings. The van der Waals surface area contributed by atoms with Gasteiger partial charge in [0, 0.05) is 39.9 Å². The predicted octanol–water partition coefficient (Wildman–Crippen LogP) is 2.42. The lowest BCUT2D eigenvalue weighted by Gasteiger charge is -2.25. The minimum atomic E-state index is -0.212. The predicted molar refractivity (Wildman–Crippen MR) is 84.3 cm³/mol. The number of nitrogens with zero attached hydrogens (tertiary/aromatic N) is 1. The molecule has 21 heavy (non-hydrogen) atoms. The third kappa shape index (κ3) is 6.42. The molecule has 0 spiro atoms. The number of hydrogen-bond donors (Lipinski definition) is 1. The van der Waals surface area contributed by atoms with Crippen molar-refractivity contribution in [2.45, 2.75) is 26.4 Å². The molecule has 1 N–H and O–H groups in total. The molecule has 0 amide bonds. The number of benzene rings is 1. The van der Waals surface area contributed by atoms with Crippen LogP contribution < -0.4 is 10.2 Å². The maximum absolute atomic E-state index is 14.1. The van der Waals surface area contributed by atoms with E-state index < -0.39 is 0 Å². The first kappa shape index (κ1) is 17.9. The van der Waals surface area contributed by atoms with Gasteiger partial charge in [0.25, 0.3) is 0 Å². The van der Waals surface area contributed by atoms with Crippen molar-refractivity contribution < 1.29 is 13.9 Å². The van der Waals surface area contributed by atoms with E-state index in [4.69, 9.17) is 9.47 Å². The first-order chi connectivity index (χ1) is 10.1. The van der Waals surface area contributed by atoms with E-state index in [0.29, 0.717) is 38.0 Å². The first-order valence-corrected chi connectivity index (χ1v) is 7.33. The maximum Gasteiger partial charge on any atom is 0.146 e. The number of halogens is 1. The monoisotopic (exact) mass is 298 g/mol. The standard InChI is InChI=1S/C16H27FN2O2/c1-13(2)18-12-14-5-6-15(17)16(11-14)19(7-9-20-3)8-10-21-4/h5-6,11,13,18H,7-10,12H2,1-4H3. The van der Waals surface area contributed by atoms with Crippen molar-refractivity contribution in [3.63, 3.8) is 0 Å². The Bertz CT molecular complexity index is 405. The molecule has 5 heteroatoms. The number of ether oxygens (including phenoxy) is 2. The zero-order valence-corrected chi connectivity index (χ0v) is 13.5. The Balaban J connectivity index is 2.85. The molecule has 0 aliphatic rings. The van der Waals surface area contributed by atoms with E-state index in [1.54, 1.807) is 14.2 Å². The van der Waals surface area contributed by atoms with Gasteiger partial charge in [0.2, 0.25) is 0 Å². The molecular weight excluding hydrogens is 271 g/mol. The molecule has 0 aliphatic carbocycles. The highest BCUT2D eigenvalue weighted by Crippen LogP contribution is 2.21. The highest BCUT2D eigenvalue weighted by atomic mass is 19.1. The number of hydrogen-bond acceptors (Lipinski definition) is 4. The molecule has 0 saturated carbocycles. The smallest absolute Gasteiger partial charge is 0.146 e. The van der Waals surface area contributed by atoms with Crippen molar-refractivity contribution >= 4 is 5.69 Å². The Morgan fingerprint density at radius 3 is 2.29 bits per heavy atom. The molecule has 4 nitrogen and oxygen atoms in total. The molecule has 0 heterocycles. The quantitative estimate of drug-likeness (QED) is 0.719. The fraction of sp³-hybridized carbons (Fsp3) is 0.625. The van der Waals surface area contributed by atoms with Crippen LogP contribution >= 0.6 is 0 Å². The fourth-order valence-electron chi connectivity index (χ4n) is 1.99. The van der Waals surface area contributed by atoms with Crippen LogP contribution in [0.2, 0.25) is 0 Å². The second-order valence-electron chi connectivity index (χ2n) is 5.29. The summed E-state index contributed by atoms with van der Waals surface area (Å²) in [5, 5.41) is 3.34. The first-order valence-electron chi connectivity index (χ1n) is 7.33. The Labute approximate surface area is 127 Å². The van der Waals surface area contributed by atoms with Gasteiger partial charge in [-0.3, -0.25) is 0 Å². The van der Waals surface area contributed by atoms with Crippen molar-refractivity contribution in [2.75, 3.05) is 45.4 Å². The molecule has 1 aromatic carbocycles. The largest absolute Gasteiger partial charge is 0.383 e. The summed E-state index contributed by atoms with van der Waals surface area (Å²) in [5.74, 6) is -0.212. The average Bonchev–Trinajstić information content (AvgIpc) is 2.47. The van der Waals surface area contributed by atoms with E-state index in [-0.39, 0.29) is 5.82 Å². The number of methoxy groups -OCH3 is 2. The van der Waals surface area contributed by atoms with Gasteiger partial charge in [-0.05, 0) is 17.7 Å². The third-order valence-electron chi connectivity index (χ3n) is 3.20. The van der Waals surface area contributed by atoms with Crippen LogP contribution in [-0.2, 0) is 16.0 Å². The van der Waals surface area contributed by atoms with Gasteiger partial charge < -0.3 is 19.7 Å². The van der Waals surface area contributed by atoms with Crippen LogP contribution in [0.25, 0.3) is 0 Å². The number of rotatable bonds is 10. The Hall–Kier alpha value is -1.17. The van der Waals surface area contributed by atoms with E-state index >= 15 is 0 Å². The van der Waals surface area contributed by atoms with Crippen LogP contribution in [0.3, 0.4) is 0 Å². The third-order valence-corrected chi connectivity index (χ3v) is 3.20. The number of anilines is 1. The normalized spacial score (nSPS) is 11.1. The van der Waals surface area contributed by atoms with E-state index in [0.717, 1.165) is 12.1 Å². The molecule has 0 unspecified atom stereocenters. The summed E-state index contributed by atoms with van der Waals surface area (Å²) < 4.78 is 24.3. The van der Waals surface area contributed by atoms with E-state index in [1.165, 1.54) is 6.07 Å². The second kappa shape index (κ2) is 9.71. The van der Waals surface area contributed by atoms with Gasteiger partial charge in [-0.25, -0.2) is 4.39 Å². The lowest BCUT2D eigenvalue weighted by atomic mass is 10.1. The van der Waals surface area contributed by atoms with E-state index in [9.17, 15) is 4.39 Å². The summed E-state index contributed by atoms with van der Waals surface area (Å²) in [5.41, 5.74) is 1.67. The van der Waals surface area contributed by atoms with Gasteiger partial charge in [-0.15, -0.1) is 0 Å². The van der Waals surface area contributed by atoms with Gasteiger partial charge in [0.15, 0.2) is 0 Å². The molecule has 0 aromatic heterocycles. The van der Waals surface area contributed by atoms with Gasteiger partial charge in [-0.2, -0.15) is 0 Å². The van der Waals surface area contributed by atoms with Crippen LogP contribution in [0.15, 0.2) is 18.2 Å². The van der Waals surface area contributed by atoms with Crippen LogP contribution in [0.5, 0.6) is 0 Å². The highest BCUT2D eigenvalue weighted by molar-refractivity contribution is 5.50. The van der Waals surface area contributed by atoms with Gasteiger partial charge in [0.1, 0.15) is 5.82 Å². The molecule has 0 radical (unpaired) electrons. The van der Waals surface area contributed by atoms with Crippen molar-refractivity contribution in [1.82, 2.24) is 5.32 Å². The Morgan fingerprint density at radius 2 is 1.76 bits per heavy atom. The zero-order valence-electron chi connectivity index (χ0n) is 13.5. The van der Waals surface area contributed by atoms with E-state index in [2.05, 4.69) is 19.2 Å². The summed E-state index contributed by atoms with van der Waals surface area (Å²) in [6.45, 7) is 7.29. The zero-order chi connectivity index (χ0) is 15.7. The van der Waals surface area contributed by atoms with Crippen LogP contribution in [0.1, 0.15) is 19.4 Å². The minimum Gasteiger partial charge on any atom is -0.383 e. The molecule has 0 atom stereocenters. The highest BCUT2D eigenvalue weighted by Gasteiger charge is 2.12. The lowest BCUT2D eigenvalue weighted by Crippen LogP contribution is -2.31. The minimum absolute atomic E-state index is 0.212. The van der Waals surface area contributed by atoms with Crippen molar-refractivity contribution in [3.05, 3.63) is 29.6 Å². The summed E-state index contributed by atoms with van der Waals surface area (Å²) in [4.78, 5) is 1.96. The molecule has 0 saturated heterocycles. The fourth-order valence-corrected chi connectivity index (χ4v) is 1.99.